The van der Waals surface area contributed by atoms with Gasteiger partial charge in [-0.2, -0.15) is 0 Å². The van der Waals surface area contributed by atoms with Crippen molar-refractivity contribution in [2.75, 3.05) is 5.32 Å². The summed E-state index contributed by atoms with van der Waals surface area (Å²) in [5.41, 5.74) is 3.62. The lowest BCUT2D eigenvalue weighted by Crippen LogP contribution is -1.99. The van der Waals surface area contributed by atoms with E-state index in [4.69, 9.17) is 4.52 Å². The molecule has 0 bridgehead atoms. The predicted octanol–water partition coefficient (Wildman–Crippen LogP) is 1.45. The Kier molecular flexibility index (Phi) is 2.22. The molecule has 68 valence electrons. The molecule has 0 radical (unpaired) electrons. The van der Waals surface area contributed by atoms with Gasteiger partial charge in [0.1, 0.15) is 11.8 Å². The molecule has 13 heavy (non-hydrogen) atoms. The van der Waals surface area contributed by atoms with E-state index < -0.39 is 0 Å². The maximum absolute atomic E-state index is 4.79. The summed E-state index contributed by atoms with van der Waals surface area (Å²) in [5, 5.41) is 15.3. The monoisotopic (exact) mass is 196 g/mol. The Morgan fingerprint density at radius 2 is 2.54 bits per heavy atom. The number of nitrogens with one attached hydrogen (secondary N) is 1. The van der Waals surface area contributed by atoms with Crippen molar-refractivity contribution in [2.24, 2.45) is 0 Å². The van der Waals surface area contributed by atoms with E-state index in [2.05, 4.69) is 20.7 Å². The van der Waals surface area contributed by atoms with E-state index in [9.17, 15) is 0 Å². The average molecular weight is 196 g/mol. The fourth-order valence-corrected chi connectivity index (χ4v) is 1.35. The number of rotatable bonds is 3. The van der Waals surface area contributed by atoms with Crippen molar-refractivity contribution in [1.29, 1.82) is 0 Å². The second-order valence-corrected chi connectivity index (χ2v) is 3.36. The summed E-state index contributed by atoms with van der Waals surface area (Å²) < 4.78 is 4.79. The van der Waals surface area contributed by atoms with Gasteiger partial charge >= 0.3 is 0 Å². The van der Waals surface area contributed by atoms with Crippen LogP contribution in [0.3, 0.4) is 0 Å². The highest BCUT2D eigenvalue weighted by Crippen LogP contribution is 2.11. The molecular formula is C7H8N4OS. The van der Waals surface area contributed by atoms with Crippen LogP contribution in [0.5, 0.6) is 0 Å². The molecule has 0 aromatic carbocycles. The van der Waals surface area contributed by atoms with Gasteiger partial charge in [-0.1, -0.05) is 16.5 Å². The average Bonchev–Trinajstić information content (AvgIpc) is 2.72. The third-order valence-electron chi connectivity index (χ3n) is 1.64. The highest BCUT2D eigenvalue weighted by atomic mass is 32.1. The minimum atomic E-state index is 0.671. The van der Waals surface area contributed by atoms with Crippen LogP contribution in [-0.4, -0.2) is 15.4 Å². The third-order valence-corrected chi connectivity index (χ3v) is 2.29. The molecule has 2 rings (SSSR count). The molecule has 5 nitrogen and oxygen atoms in total. The Bertz CT molecular complexity index is 370. The van der Waals surface area contributed by atoms with Gasteiger partial charge in [0.05, 0.1) is 5.69 Å². The normalized spacial score (nSPS) is 10.2. The van der Waals surface area contributed by atoms with Gasteiger partial charge < -0.3 is 9.84 Å². The first-order valence-corrected chi connectivity index (χ1v) is 4.64. The van der Waals surface area contributed by atoms with E-state index in [-0.39, 0.29) is 0 Å². The Morgan fingerprint density at radius 1 is 1.62 bits per heavy atom. The summed E-state index contributed by atoms with van der Waals surface area (Å²) in [6.07, 6.45) is 1.63. The van der Waals surface area contributed by atoms with Crippen LogP contribution < -0.4 is 5.32 Å². The highest BCUT2D eigenvalue weighted by molar-refractivity contribution is 7.13. The Labute approximate surface area is 78.8 Å². The summed E-state index contributed by atoms with van der Waals surface area (Å²) in [4.78, 5) is 0. The van der Waals surface area contributed by atoms with Crippen LogP contribution >= 0.6 is 11.3 Å². The first-order valence-electron chi connectivity index (χ1n) is 3.76. The lowest BCUT2D eigenvalue weighted by molar-refractivity contribution is 0.414. The standard InChI is InChI=1S/C7H8N4OS/c1-5-6(3-12-11-5)2-8-7-10-9-4-13-7/h3-4H,2H2,1H3,(H,8,10). The summed E-state index contributed by atoms with van der Waals surface area (Å²) >= 11 is 1.47. The van der Waals surface area contributed by atoms with E-state index in [0.717, 1.165) is 16.4 Å². The van der Waals surface area contributed by atoms with Crippen molar-refractivity contribution in [3.05, 3.63) is 23.0 Å². The minimum Gasteiger partial charge on any atom is -0.364 e. The van der Waals surface area contributed by atoms with E-state index >= 15 is 0 Å². The van der Waals surface area contributed by atoms with Gasteiger partial charge in [0.2, 0.25) is 5.13 Å². The van der Waals surface area contributed by atoms with Gasteiger partial charge in [0.15, 0.2) is 0 Å². The minimum absolute atomic E-state index is 0.671. The molecule has 0 spiro atoms. The Balaban J connectivity index is 1.97. The zero-order valence-corrected chi connectivity index (χ0v) is 7.84. The Morgan fingerprint density at radius 3 is 3.15 bits per heavy atom. The topological polar surface area (TPSA) is 63.8 Å². The maximum atomic E-state index is 4.79. The third kappa shape index (κ3) is 1.83. The molecule has 0 atom stereocenters. The second-order valence-electron chi connectivity index (χ2n) is 2.52. The van der Waals surface area contributed by atoms with Gasteiger partial charge in [-0.25, -0.2) is 0 Å². The summed E-state index contributed by atoms with van der Waals surface area (Å²) in [5.74, 6) is 0. The van der Waals surface area contributed by atoms with Crippen molar-refractivity contribution in [3.8, 4) is 0 Å². The molecule has 2 aromatic rings. The van der Waals surface area contributed by atoms with Crippen LogP contribution in [0.25, 0.3) is 0 Å². The van der Waals surface area contributed by atoms with Crippen LogP contribution in [0.1, 0.15) is 11.3 Å². The van der Waals surface area contributed by atoms with Crippen molar-refractivity contribution in [1.82, 2.24) is 15.4 Å². The largest absolute Gasteiger partial charge is 0.364 e. The van der Waals surface area contributed by atoms with Gasteiger partial charge in [-0.15, -0.1) is 10.2 Å². The molecule has 0 aliphatic heterocycles. The molecule has 0 saturated carbocycles. The van der Waals surface area contributed by atoms with Crippen LogP contribution in [0.2, 0.25) is 0 Å². The molecule has 0 aliphatic rings. The number of aryl methyl sites for hydroxylation is 1. The van der Waals surface area contributed by atoms with Crippen molar-refractivity contribution in [3.63, 3.8) is 0 Å². The number of aromatic nitrogens is 3. The number of hydrogen-bond donors (Lipinski definition) is 1. The highest BCUT2D eigenvalue weighted by Gasteiger charge is 2.02. The molecular weight excluding hydrogens is 188 g/mol. The first kappa shape index (κ1) is 8.18. The zero-order valence-electron chi connectivity index (χ0n) is 7.02. The quantitative estimate of drug-likeness (QED) is 0.804. The molecule has 0 aliphatic carbocycles. The molecule has 1 N–H and O–H groups in total. The second kappa shape index (κ2) is 3.53. The van der Waals surface area contributed by atoms with Crippen LogP contribution in [0.4, 0.5) is 5.13 Å². The summed E-state index contributed by atoms with van der Waals surface area (Å²) in [6.45, 7) is 2.57. The number of anilines is 1. The molecule has 2 aromatic heterocycles. The van der Waals surface area contributed by atoms with Gasteiger partial charge in [0, 0.05) is 12.1 Å². The van der Waals surface area contributed by atoms with Crippen molar-refractivity contribution >= 4 is 16.5 Å². The fraction of sp³-hybridized carbons (Fsp3) is 0.286. The smallest absolute Gasteiger partial charge is 0.205 e. The van der Waals surface area contributed by atoms with Crippen molar-refractivity contribution < 1.29 is 4.52 Å². The fourth-order valence-electron chi connectivity index (χ4n) is 0.903. The molecule has 0 unspecified atom stereocenters. The van der Waals surface area contributed by atoms with E-state index in [1.54, 1.807) is 11.8 Å². The van der Waals surface area contributed by atoms with E-state index in [1.165, 1.54) is 11.3 Å². The first-order chi connectivity index (χ1) is 6.36. The lowest BCUT2D eigenvalue weighted by atomic mass is 10.3. The Hall–Kier alpha value is -1.43. The number of hydrogen-bond acceptors (Lipinski definition) is 6. The van der Waals surface area contributed by atoms with Crippen LogP contribution in [-0.2, 0) is 6.54 Å². The number of nitrogens with zero attached hydrogens (tertiary/aromatic N) is 3. The maximum Gasteiger partial charge on any atom is 0.205 e. The SMILES string of the molecule is Cc1nocc1CNc1nncs1. The molecule has 2 heterocycles. The van der Waals surface area contributed by atoms with E-state index in [0.29, 0.717) is 6.54 Å². The van der Waals surface area contributed by atoms with Crippen LogP contribution in [0, 0.1) is 6.92 Å². The summed E-state index contributed by atoms with van der Waals surface area (Å²) in [6, 6.07) is 0. The van der Waals surface area contributed by atoms with Gasteiger partial charge in [0.25, 0.3) is 0 Å². The van der Waals surface area contributed by atoms with Crippen molar-refractivity contribution in [2.45, 2.75) is 13.5 Å². The molecule has 0 saturated heterocycles. The van der Waals surface area contributed by atoms with E-state index in [1.807, 2.05) is 6.92 Å². The predicted molar refractivity (Wildman–Crippen MR) is 48.5 cm³/mol. The van der Waals surface area contributed by atoms with Gasteiger partial charge in [-0.05, 0) is 6.92 Å². The molecule has 6 heteroatoms. The zero-order chi connectivity index (χ0) is 9.10. The van der Waals surface area contributed by atoms with Crippen LogP contribution in [0.15, 0.2) is 16.3 Å². The summed E-state index contributed by atoms with van der Waals surface area (Å²) in [7, 11) is 0. The molecule has 0 amide bonds. The lowest BCUT2D eigenvalue weighted by Gasteiger charge is -1.97. The molecule has 0 fully saturated rings. The van der Waals surface area contributed by atoms with Gasteiger partial charge in [-0.3, -0.25) is 0 Å².